The molecule has 6 nitrogen and oxygen atoms in total. The quantitative estimate of drug-likeness (QED) is 0.475. The molecule has 0 aliphatic heterocycles. The van der Waals surface area contributed by atoms with E-state index in [1.54, 1.807) is 0 Å². The van der Waals surface area contributed by atoms with Gasteiger partial charge in [-0.3, -0.25) is 0 Å². The normalized spacial score (nSPS) is 0. The fourth-order valence-corrected chi connectivity index (χ4v) is 0. The van der Waals surface area contributed by atoms with Crippen LogP contribution in [0.25, 0.3) is 0 Å². The molecular formula is H2Nb2O6. The summed E-state index contributed by atoms with van der Waals surface area (Å²) >= 11 is 0. The zero-order chi connectivity index (χ0) is 0. The fraction of sp³-hybridized carbons (Fsp3) is 0. The average molecular weight is 284 g/mol. The summed E-state index contributed by atoms with van der Waals surface area (Å²) in [4.78, 5) is 0. The first kappa shape index (κ1) is 408. The van der Waals surface area contributed by atoms with Crippen LogP contribution in [-0.2, 0) is 72.1 Å². The van der Waals surface area contributed by atoms with Crippen LogP contribution in [0.1, 0.15) is 0 Å². The monoisotopic (exact) mass is 284 g/mol. The second-order valence-electron chi connectivity index (χ2n) is 0. The van der Waals surface area contributed by atoms with Crippen molar-refractivity contribution in [1.29, 1.82) is 0 Å². The van der Waals surface area contributed by atoms with Crippen LogP contribution < -0.4 is 0 Å². The van der Waals surface area contributed by atoms with Crippen molar-refractivity contribution >= 4 is 0 Å². The van der Waals surface area contributed by atoms with E-state index in [1.165, 1.54) is 0 Å². The van der Waals surface area contributed by atoms with Crippen LogP contribution in [0.2, 0.25) is 0 Å². The molecule has 48 valence electrons. The maximum absolute atomic E-state index is 0. The van der Waals surface area contributed by atoms with E-state index in [9.17, 15) is 0 Å². The summed E-state index contributed by atoms with van der Waals surface area (Å²) in [5.41, 5.74) is 0. The molecule has 0 aliphatic rings. The van der Waals surface area contributed by atoms with Crippen molar-refractivity contribution in [2.45, 2.75) is 0 Å². The Kier molecular flexibility index (Phi) is 14300. The van der Waals surface area contributed by atoms with Gasteiger partial charge in [0.1, 0.15) is 0 Å². The van der Waals surface area contributed by atoms with Gasteiger partial charge in [-0.25, -0.2) is 0 Å². The van der Waals surface area contributed by atoms with E-state index in [1.807, 2.05) is 0 Å². The third-order valence-electron chi connectivity index (χ3n) is 0. The molecule has 2 N–H and O–H groups in total. The number of hydrogen-bond donors (Lipinski definition) is 0. The smallest absolute Gasteiger partial charge is 2.00 e. The van der Waals surface area contributed by atoms with Gasteiger partial charge < -0.3 is 32.9 Å². The zero-order valence-electron chi connectivity index (χ0n) is 3.44. The molecule has 8 heavy (non-hydrogen) atoms. The van der Waals surface area contributed by atoms with Gasteiger partial charge in [0, 0.05) is 0 Å². The summed E-state index contributed by atoms with van der Waals surface area (Å²) in [6, 6.07) is 0. The molecule has 0 aliphatic carbocycles. The summed E-state index contributed by atoms with van der Waals surface area (Å²) in [5.74, 6) is 0. The molecule has 8 heteroatoms. The summed E-state index contributed by atoms with van der Waals surface area (Å²) < 4.78 is 0. The minimum Gasteiger partial charge on any atom is -2.00 e. The van der Waals surface area contributed by atoms with Crippen LogP contribution in [0.15, 0.2) is 0 Å². The molecule has 0 unspecified atom stereocenters. The van der Waals surface area contributed by atoms with Gasteiger partial charge in [0.25, 0.3) is 0 Å². The van der Waals surface area contributed by atoms with Gasteiger partial charge in [-0.15, -0.1) is 0 Å². The molecule has 0 aromatic carbocycles. The van der Waals surface area contributed by atoms with Crippen molar-refractivity contribution in [2.75, 3.05) is 0 Å². The van der Waals surface area contributed by atoms with E-state index in [4.69, 9.17) is 0 Å². The molecule has 0 aromatic heterocycles. The first-order valence-corrected chi connectivity index (χ1v) is 0. The van der Waals surface area contributed by atoms with Crippen LogP contribution in [0.4, 0.5) is 0 Å². The van der Waals surface area contributed by atoms with E-state index in [0.717, 1.165) is 0 Å². The fourth-order valence-electron chi connectivity index (χ4n) is 0. The largest absolute Gasteiger partial charge is 5.00 e. The predicted octanol–water partition coefficient (Wildman–Crippen LogP) is -1.42. The van der Waals surface area contributed by atoms with Crippen molar-refractivity contribution in [3.8, 4) is 0 Å². The second kappa shape index (κ2) is 281. The Hall–Kier alpha value is 1.24. The number of hydrogen-bond acceptors (Lipinski definition) is 0. The first-order chi connectivity index (χ1) is 0. The minimum absolute atomic E-state index is 0. The summed E-state index contributed by atoms with van der Waals surface area (Å²) in [6.45, 7) is 0. The van der Waals surface area contributed by atoms with Crippen LogP contribution >= 0.6 is 0 Å². The zero-order valence-corrected chi connectivity index (χ0v) is 7.83. The molecule has 0 saturated heterocycles. The van der Waals surface area contributed by atoms with E-state index >= 15 is 0 Å². The number of rotatable bonds is 0. The predicted molar refractivity (Wildman–Crippen MR) is 7.05 cm³/mol. The standard InChI is InChI=1S/2Nb.H2O.5O/h;;1H2;;;;;/q2*+5;;5*-2. The third-order valence-corrected chi connectivity index (χ3v) is 0. The molecule has 0 heterocycles. The summed E-state index contributed by atoms with van der Waals surface area (Å²) in [7, 11) is 0. The van der Waals surface area contributed by atoms with Crippen molar-refractivity contribution < 1.29 is 77.6 Å². The van der Waals surface area contributed by atoms with Crippen LogP contribution in [0, 0.1) is 0 Å². The molecule has 0 fully saturated rings. The molecule has 0 bridgehead atoms. The van der Waals surface area contributed by atoms with Crippen molar-refractivity contribution in [2.24, 2.45) is 0 Å². The molecule has 0 atom stereocenters. The van der Waals surface area contributed by atoms with Crippen LogP contribution in [0.3, 0.4) is 0 Å². The Labute approximate surface area is 77.5 Å². The molecule has 0 spiro atoms. The third kappa shape index (κ3) is 183. The molecule has 0 amide bonds. The second-order valence-corrected chi connectivity index (χ2v) is 0. The van der Waals surface area contributed by atoms with Gasteiger partial charge in [-0.1, -0.05) is 0 Å². The summed E-state index contributed by atoms with van der Waals surface area (Å²) in [5, 5.41) is 0. The Balaban J connectivity index is 0. The van der Waals surface area contributed by atoms with Crippen LogP contribution in [0.5, 0.6) is 0 Å². The topological polar surface area (TPSA) is 174 Å². The molecule has 0 rings (SSSR count). The van der Waals surface area contributed by atoms with Crippen molar-refractivity contribution in [3.05, 3.63) is 0 Å². The van der Waals surface area contributed by atoms with Gasteiger partial charge in [-0.2, -0.15) is 0 Å². The Morgan fingerprint density at radius 2 is 0.375 bits per heavy atom. The first-order valence-electron chi connectivity index (χ1n) is 0. The SMILES string of the molecule is O.[Nb+5].[Nb+5].[O-2].[O-2].[O-2].[O-2].[O-2]. The van der Waals surface area contributed by atoms with Crippen LogP contribution in [-0.4, -0.2) is 5.48 Å². The van der Waals surface area contributed by atoms with Gasteiger partial charge >= 0.3 is 44.8 Å². The van der Waals surface area contributed by atoms with E-state index in [0.29, 0.717) is 0 Å². The van der Waals surface area contributed by atoms with Gasteiger partial charge in [-0.05, 0) is 0 Å². The summed E-state index contributed by atoms with van der Waals surface area (Å²) in [6.07, 6.45) is 0. The maximum atomic E-state index is 0. The van der Waals surface area contributed by atoms with Gasteiger partial charge in [0.05, 0.1) is 0 Å². The van der Waals surface area contributed by atoms with E-state index < -0.39 is 0 Å². The molecule has 0 radical (unpaired) electrons. The van der Waals surface area contributed by atoms with E-state index in [-0.39, 0.29) is 77.6 Å². The Morgan fingerprint density at radius 3 is 0.375 bits per heavy atom. The minimum atomic E-state index is 0. The van der Waals surface area contributed by atoms with Crippen molar-refractivity contribution in [3.63, 3.8) is 0 Å². The Morgan fingerprint density at radius 1 is 0.375 bits per heavy atom. The average Bonchev–Trinajstić information content (AvgIpc) is 0. The van der Waals surface area contributed by atoms with Crippen molar-refractivity contribution in [1.82, 2.24) is 0 Å². The van der Waals surface area contributed by atoms with Gasteiger partial charge in [0.15, 0.2) is 0 Å². The molecular weight excluding hydrogens is 282 g/mol. The van der Waals surface area contributed by atoms with Gasteiger partial charge in [0.2, 0.25) is 0 Å². The molecule has 0 saturated carbocycles. The maximum Gasteiger partial charge on any atom is 5.00 e. The van der Waals surface area contributed by atoms with E-state index in [2.05, 4.69) is 0 Å². The Bertz CT molecular complexity index is 6.49. The molecule has 0 aromatic rings.